The number of allylic oxidation sites excluding steroid dienone is 2. The fourth-order valence-corrected chi connectivity index (χ4v) is 1.69. The molecular formula is C12H15NO6. The monoisotopic (exact) mass is 269 g/mol. The molecule has 1 aliphatic rings. The van der Waals surface area contributed by atoms with Gasteiger partial charge in [-0.05, 0) is 6.92 Å². The summed E-state index contributed by atoms with van der Waals surface area (Å²) in [4.78, 5) is 34.2. The Balaban J connectivity index is 2.98. The van der Waals surface area contributed by atoms with Gasteiger partial charge in [-0.15, -0.1) is 0 Å². The van der Waals surface area contributed by atoms with E-state index in [-0.39, 0.29) is 12.1 Å². The molecule has 0 saturated carbocycles. The number of amides is 1. The largest absolute Gasteiger partial charge is 0.480 e. The van der Waals surface area contributed by atoms with E-state index in [0.29, 0.717) is 0 Å². The zero-order valence-corrected chi connectivity index (χ0v) is 10.3. The quantitative estimate of drug-likeness (QED) is 0.500. The first-order chi connectivity index (χ1) is 8.79. The van der Waals surface area contributed by atoms with Gasteiger partial charge in [-0.3, -0.25) is 9.59 Å². The standard InChI is InChI=1S/C12H15NO6/c1-7(14)6-13-10(17)12(11(18)19)4-2-3-8(5-12)9(15)16/h2-4,7,14H,5-6H2,1H3,(H,13,17)(H,15,16)(H,18,19). The Morgan fingerprint density at radius 2 is 2.05 bits per heavy atom. The molecule has 1 amide bonds. The average molecular weight is 269 g/mol. The molecule has 0 fully saturated rings. The molecule has 1 aliphatic carbocycles. The summed E-state index contributed by atoms with van der Waals surface area (Å²) >= 11 is 0. The molecule has 19 heavy (non-hydrogen) atoms. The van der Waals surface area contributed by atoms with Crippen LogP contribution in [0.5, 0.6) is 0 Å². The first kappa shape index (κ1) is 14.9. The topological polar surface area (TPSA) is 124 Å². The van der Waals surface area contributed by atoms with Crippen molar-refractivity contribution >= 4 is 17.8 Å². The van der Waals surface area contributed by atoms with Gasteiger partial charge in [0.1, 0.15) is 0 Å². The summed E-state index contributed by atoms with van der Waals surface area (Å²) in [6, 6.07) is 0. The van der Waals surface area contributed by atoms with Gasteiger partial charge >= 0.3 is 11.9 Å². The number of aliphatic hydroxyl groups excluding tert-OH is 1. The lowest BCUT2D eigenvalue weighted by Gasteiger charge is -2.27. The predicted molar refractivity (Wildman–Crippen MR) is 64.2 cm³/mol. The van der Waals surface area contributed by atoms with Gasteiger partial charge in [0, 0.05) is 18.5 Å². The van der Waals surface area contributed by atoms with E-state index in [9.17, 15) is 19.5 Å². The Morgan fingerprint density at radius 3 is 2.53 bits per heavy atom. The van der Waals surface area contributed by atoms with Crippen LogP contribution in [-0.2, 0) is 14.4 Å². The molecule has 0 saturated heterocycles. The number of aliphatic hydroxyl groups is 1. The highest BCUT2D eigenvalue weighted by molar-refractivity contribution is 6.06. The third-order valence-corrected chi connectivity index (χ3v) is 2.77. The van der Waals surface area contributed by atoms with E-state index in [2.05, 4.69) is 5.32 Å². The first-order valence-corrected chi connectivity index (χ1v) is 5.61. The van der Waals surface area contributed by atoms with Crippen LogP contribution in [0.3, 0.4) is 0 Å². The molecule has 4 N–H and O–H groups in total. The highest BCUT2D eigenvalue weighted by Crippen LogP contribution is 2.32. The molecular weight excluding hydrogens is 254 g/mol. The van der Waals surface area contributed by atoms with E-state index in [1.807, 2.05) is 0 Å². The van der Waals surface area contributed by atoms with Crippen molar-refractivity contribution in [2.75, 3.05) is 6.54 Å². The van der Waals surface area contributed by atoms with Crippen LogP contribution in [0.4, 0.5) is 0 Å². The molecule has 0 aromatic carbocycles. The van der Waals surface area contributed by atoms with Crippen LogP contribution < -0.4 is 5.32 Å². The zero-order chi connectivity index (χ0) is 14.6. The minimum atomic E-state index is -1.95. The molecule has 104 valence electrons. The van der Waals surface area contributed by atoms with Crippen molar-refractivity contribution < 1.29 is 29.7 Å². The van der Waals surface area contributed by atoms with Crippen molar-refractivity contribution in [3.63, 3.8) is 0 Å². The average Bonchev–Trinajstić information content (AvgIpc) is 2.35. The molecule has 0 bridgehead atoms. The van der Waals surface area contributed by atoms with Gasteiger partial charge < -0.3 is 20.6 Å². The van der Waals surface area contributed by atoms with Gasteiger partial charge in [-0.1, -0.05) is 18.2 Å². The van der Waals surface area contributed by atoms with Crippen LogP contribution in [0.15, 0.2) is 23.8 Å². The number of carboxylic acids is 2. The zero-order valence-electron chi connectivity index (χ0n) is 10.3. The number of aliphatic carboxylic acids is 2. The molecule has 0 heterocycles. The third kappa shape index (κ3) is 3.19. The van der Waals surface area contributed by atoms with Crippen molar-refractivity contribution in [3.05, 3.63) is 23.8 Å². The Hall–Kier alpha value is -2.15. The van der Waals surface area contributed by atoms with Crippen molar-refractivity contribution in [2.45, 2.75) is 19.4 Å². The number of nitrogens with one attached hydrogen (secondary N) is 1. The van der Waals surface area contributed by atoms with E-state index in [4.69, 9.17) is 10.2 Å². The van der Waals surface area contributed by atoms with E-state index in [0.717, 1.165) is 6.08 Å². The first-order valence-electron chi connectivity index (χ1n) is 5.61. The summed E-state index contributed by atoms with van der Waals surface area (Å²) in [7, 11) is 0. The van der Waals surface area contributed by atoms with Crippen molar-refractivity contribution in [3.8, 4) is 0 Å². The van der Waals surface area contributed by atoms with Crippen LogP contribution in [0.25, 0.3) is 0 Å². The van der Waals surface area contributed by atoms with Crippen molar-refractivity contribution in [1.82, 2.24) is 5.32 Å². The molecule has 0 aromatic rings. The molecule has 0 spiro atoms. The lowest BCUT2D eigenvalue weighted by molar-refractivity contribution is -0.152. The van der Waals surface area contributed by atoms with Gasteiger partial charge in [-0.2, -0.15) is 0 Å². The van der Waals surface area contributed by atoms with E-state index in [1.165, 1.54) is 19.1 Å². The minimum absolute atomic E-state index is 0.103. The highest BCUT2D eigenvalue weighted by Gasteiger charge is 2.46. The van der Waals surface area contributed by atoms with Gasteiger partial charge in [0.05, 0.1) is 6.10 Å². The van der Waals surface area contributed by atoms with E-state index < -0.39 is 35.8 Å². The summed E-state index contributed by atoms with van der Waals surface area (Å²) < 4.78 is 0. The van der Waals surface area contributed by atoms with Crippen LogP contribution in [0, 0.1) is 5.41 Å². The Bertz CT molecular complexity index is 465. The number of carboxylic acid groups (broad SMARTS) is 2. The third-order valence-electron chi connectivity index (χ3n) is 2.77. The summed E-state index contributed by atoms with van der Waals surface area (Å²) in [5.41, 5.74) is -2.10. The van der Waals surface area contributed by atoms with Gasteiger partial charge in [0.15, 0.2) is 5.41 Å². The molecule has 2 unspecified atom stereocenters. The van der Waals surface area contributed by atoms with Gasteiger partial charge in [0.2, 0.25) is 5.91 Å². The minimum Gasteiger partial charge on any atom is -0.480 e. The maximum atomic E-state index is 12.0. The normalized spacial score (nSPS) is 23.4. The number of carbonyl (C=O) groups is 3. The summed E-state index contributed by atoms with van der Waals surface area (Å²) in [6.07, 6.45) is 2.39. The number of hydrogen-bond acceptors (Lipinski definition) is 4. The predicted octanol–water partition coefficient (Wildman–Crippen LogP) is -0.475. The molecule has 1 rings (SSSR count). The molecule has 0 radical (unpaired) electrons. The Morgan fingerprint density at radius 1 is 1.42 bits per heavy atom. The van der Waals surface area contributed by atoms with Crippen molar-refractivity contribution in [1.29, 1.82) is 0 Å². The Kier molecular flexibility index (Phi) is 4.44. The molecule has 7 nitrogen and oxygen atoms in total. The van der Waals surface area contributed by atoms with Crippen LogP contribution >= 0.6 is 0 Å². The molecule has 0 aliphatic heterocycles. The molecule has 7 heteroatoms. The van der Waals surface area contributed by atoms with Crippen LogP contribution in [0.2, 0.25) is 0 Å². The fraction of sp³-hybridized carbons (Fsp3) is 0.417. The number of hydrogen-bond donors (Lipinski definition) is 4. The highest BCUT2D eigenvalue weighted by atomic mass is 16.4. The fourth-order valence-electron chi connectivity index (χ4n) is 1.69. The number of rotatable bonds is 5. The second kappa shape index (κ2) is 5.66. The van der Waals surface area contributed by atoms with E-state index >= 15 is 0 Å². The smallest absolute Gasteiger partial charge is 0.331 e. The summed E-state index contributed by atoms with van der Waals surface area (Å²) in [6.45, 7) is 1.33. The molecule has 0 aromatic heterocycles. The van der Waals surface area contributed by atoms with E-state index in [1.54, 1.807) is 0 Å². The second-order valence-corrected chi connectivity index (χ2v) is 4.37. The van der Waals surface area contributed by atoms with Crippen LogP contribution in [-0.4, -0.2) is 45.8 Å². The van der Waals surface area contributed by atoms with Gasteiger partial charge in [-0.25, -0.2) is 4.79 Å². The summed E-state index contributed by atoms with van der Waals surface area (Å²) in [5.74, 6) is -3.54. The summed E-state index contributed by atoms with van der Waals surface area (Å²) in [5, 5.41) is 29.5. The maximum absolute atomic E-state index is 12.0. The lowest BCUT2D eigenvalue weighted by Crippen LogP contribution is -2.48. The Labute approximate surface area is 109 Å². The van der Waals surface area contributed by atoms with Crippen LogP contribution in [0.1, 0.15) is 13.3 Å². The molecule has 2 atom stereocenters. The maximum Gasteiger partial charge on any atom is 0.331 e. The van der Waals surface area contributed by atoms with Crippen molar-refractivity contribution in [2.24, 2.45) is 5.41 Å². The lowest BCUT2D eigenvalue weighted by atomic mass is 9.77. The second-order valence-electron chi connectivity index (χ2n) is 4.37. The van der Waals surface area contributed by atoms with Gasteiger partial charge in [0.25, 0.3) is 0 Å². The number of carbonyl (C=O) groups excluding carboxylic acids is 1. The SMILES string of the molecule is CC(O)CNC(=O)C1(C(=O)O)C=CC=C(C(=O)O)C1.